The van der Waals surface area contributed by atoms with E-state index in [-0.39, 0.29) is 17.2 Å². The first kappa shape index (κ1) is 17.9. The molecule has 4 rings (SSSR count). The molecule has 0 atom stereocenters. The van der Waals surface area contributed by atoms with E-state index in [4.69, 9.17) is 4.42 Å². The first-order valence-corrected chi connectivity index (χ1v) is 8.89. The molecular weight excluding hydrogens is 361 g/mol. The third-order valence-electron chi connectivity index (χ3n) is 4.51. The van der Waals surface area contributed by atoms with Crippen LogP contribution in [0.3, 0.4) is 0 Å². The van der Waals surface area contributed by atoms with Crippen LogP contribution in [0.2, 0.25) is 0 Å². The standard InChI is InChI=1S/C21H18FN3O3/c1-11(2)23-21-25-24-19(28-21)13-4-3-12-5-7-15(16(12)9-13)17-10-14(20(26)27)6-8-18(17)22/h3-4,6-11H,5H2,1-2H3,(H,23,25)(H,26,27). The number of carbonyl (C=O) groups is 1. The molecule has 0 spiro atoms. The highest BCUT2D eigenvalue weighted by molar-refractivity contribution is 5.92. The Balaban J connectivity index is 1.72. The van der Waals surface area contributed by atoms with Crippen molar-refractivity contribution in [3.05, 3.63) is 70.5 Å². The molecule has 3 aromatic rings. The van der Waals surface area contributed by atoms with Crippen molar-refractivity contribution >= 4 is 17.6 Å². The number of aromatic carboxylic acids is 1. The second kappa shape index (κ2) is 6.92. The van der Waals surface area contributed by atoms with E-state index < -0.39 is 11.8 Å². The van der Waals surface area contributed by atoms with Crippen LogP contribution in [0.4, 0.5) is 10.4 Å². The molecule has 142 valence electrons. The second-order valence-corrected chi connectivity index (χ2v) is 6.91. The zero-order valence-corrected chi connectivity index (χ0v) is 15.4. The van der Waals surface area contributed by atoms with Crippen LogP contribution in [0.1, 0.15) is 40.9 Å². The lowest BCUT2D eigenvalue weighted by molar-refractivity contribution is 0.0697. The topological polar surface area (TPSA) is 88.2 Å². The molecule has 0 aliphatic heterocycles. The zero-order chi connectivity index (χ0) is 19.8. The van der Waals surface area contributed by atoms with E-state index in [0.717, 1.165) is 11.1 Å². The van der Waals surface area contributed by atoms with Gasteiger partial charge >= 0.3 is 12.0 Å². The van der Waals surface area contributed by atoms with Crippen molar-refractivity contribution in [3.8, 4) is 11.5 Å². The van der Waals surface area contributed by atoms with Gasteiger partial charge in [-0.3, -0.25) is 0 Å². The Kier molecular flexibility index (Phi) is 4.43. The fourth-order valence-electron chi connectivity index (χ4n) is 3.23. The van der Waals surface area contributed by atoms with Gasteiger partial charge in [0.15, 0.2) is 0 Å². The number of halogens is 1. The number of allylic oxidation sites excluding steroid dienone is 1. The molecule has 1 aromatic heterocycles. The molecule has 0 saturated carbocycles. The number of fused-ring (bicyclic) bond motifs is 1. The third-order valence-corrected chi connectivity index (χ3v) is 4.51. The first-order valence-electron chi connectivity index (χ1n) is 8.89. The number of carboxylic acids is 1. The van der Waals surface area contributed by atoms with Gasteiger partial charge in [0, 0.05) is 17.2 Å². The van der Waals surface area contributed by atoms with Crippen LogP contribution >= 0.6 is 0 Å². The Morgan fingerprint density at radius 1 is 1.18 bits per heavy atom. The second-order valence-electron chi connectivity index (χ2n) is 6.91. The average molecular weight is 379 g/mol. The van der Waals surface area contributed by atoms with E-state index in [0.29, 0.717) is 29.5 Å². The molecule has 1 aliphatic rings. The number of hydrogen-bond acceptors (Lipinski definition) is 5. The number of nitrogens with zero attached hydrogens (tertiary/aromatic N) is 2. The minimum absolute atomic E-state index is 0.0446. The molecule has 2 aromatic carbocycles. The molecule has 0 amide bonds. The van der Waals surface area contributed by atoms with E-state index in [9.17, 15) is 14.3 Å². The van der Waals surface area contributed by atoms with Gasteiger partial charge < -0.3 is 14.8 Å². The van der Waals surface area contributed by atoms with Gasteiger partial charge in [-0.2, -0.15) is 0 Å². The van der Waals surface area contributed by atoms with Gasteiger partial charge in [0.1, 0.15) is 5.82 Å². The summed E-state index contributed by atoms with van der Waals surface area (Å²) in [4.78, 5) is 11.3. The summed E-state index contributed by atoms with van der Waals surface area (Å²) in [7, 11) is 0. The van der Waals surface area contributed by atoms with Crippen LogP contribution in [0.25, 0.3) is 17.0 Å². The maximum atomic E-state index is 14.4. The lowest BCUT2D eigenvalue weighted by atomic mass is 9.95. The van der Waals surface area contributed by atoms with Gasteiger partial charge in [0.25, 0.3) is 0 Å². The molecule has 0 unspecified atom stereocenters. The molecule has 0 fully saturated rings. The molecule has 6 nitrogen and oxygen atoms in total. The molecule has 1 heterocycles. The van der Waals surface area contributed by atoms with E-state index in [1.54, 1.807) is 0 Å². The molecule has 1 aliphatic carbocycles. The van der Waals surface area contributed by atoms with Gasteiger partial charge in [0.2, 0.25) is 5.89 Å². The molecule has 28 heavy (non-hydrogen) atoms. The molecular formula is C21H18FN3O3. The number of aromatic nitrogens is 2. The third kappa shape index (κ3) is 3.26. The van der Waals surface area contributed by atoms with Crippen molar-refractivity contribution in [2.24, 2.45) is 0 Å². The summed E-state index contributed by atoms with van der Waals surface area (Å²) in [6.07, 6.45) is 2.55. The van der Waals surface area contributed by atoms with E-state index in [2.05, 4.69) is 15.5 Å². The Bertz CT molecular complexity index is 1100. The Hall–Kier alpha value is -3.48. The zero-order valence-electron chi connectivity index (χ0n) is 15.4. The number of anilines is 1. The lowest BCUT2D eigenvalue weighted by Crippen LogP contribution is -2.09. The summed E-state index contributed by atoms with van der Waals surface area (Å²) in [6.45, 7) is 3.94. The van der Waals surface area contributed by atoms with Crippen LogP contribution in [-0.4, -0.2) is 27.3 Å². The van der Waals surface area contributed by atoms with Gasteiger partial charge in [-0.15, -0.1) is 5.10 Å². The van der Waals surface area contributed by atoms with Crippen LogP contribution in [0.5, 0.6) is 0 Å². The summed E-state index contributed by atoms with van der Waals surface area (Å²) < 4.78 is 20.1. The van der Waals surface area contributed by atoms with Gasteiger partial charge in [-0.05, 0) is 67.3 Å². The summed E-state index contributed by atoms with van der Waals surface area (Å²) in [5, 5.41) is 20.3. The molecule has 2 N–H and O–H groups in total. The average Bonchev–Trinajstić information content (AvgIpc) is 3.28. The summed E-state index contributed by atoms with van der Waals surface area (Å²) in [6, 6.07) is 9.99. The lowest BCUT2D eigenvalue weighted by Gasteiger charge is -2.10. The van der Waals surface area contributed by atoms with Crippen molar-refractivity contribution in [3.63, 3.8) is 0 Å². The summed E-state index contributed by atoms with van der Waals surface area (Å²) >= 11 is 0. The number of rotatable bonds is 5. The van der Waals surface area contributed by atoms with Crippen molar-refractivity contribution in [1.29, 1.82) is 0 Å². The largest absolute Gasteiger partial charge is 0.478 e. The maximum absolute atomic E-state index is 14.4. The minimum Gasteiger partial charge on any atom is -0.478 e. The maximum Gasteiger partial charge on any atom is 0.335 e. The number of hydrogen-bond donors (Lipinski definition) is 2. The SMILES string of the molecule is CC(C)Nc1nnc(-c2ccc3c(c2)C(c2cc(C(=O)O)ccc2F)=CC3)o1. The van der Waals surface area contributed by atoms with Crippen LogP contribution in [0.15, 0.2) is 46.9 Å². The van der Waals surface area contributed by atoms with Gasteiger partial charge in [-0.25, -0.2) is 9.18 Å². The summed E-state index contributed by atoms with van der Waals surface area (Å²) in [5.41, 5.74) is 3.55. The van der Waals surface area contributed by atoms with Crippen molar-refractivity contribution in [2.45, 2.75) is 26.3 Å². The van der Waals surface area contributed by atoms with Crippen LogP contribution in [-0.2, 0) is 6.42 Å². The van der Waals surface area contributed by atoms with Crippen molar-refractivity contribution < 1.29 is 18.7 Å². The van der Waals surface area contributed by atoms with Crippen LogP contribution < -0.4 is 5.32 Å². The fourth-order valence-corrected chi connectivity index (χ4v) is 3.23. The first-order chi connectivity index (χ1) is 13.4. The van der Waals surface area contributed by atoms with E-state index >= 15 is 0 Å². The van der Waals surface area contributed by atoms with E-state index in [1.165, 1.54) is 18.2 Å². The normalized spacial score (nSPS) is 12.8. The Labute approximate surface area is 160 Å². The minimum atomic E-state index is -1.09. The summed E-state index contributed by atoms with van der Waals surface area (Å²) in [5.74, 6) is -1.20. The van der Waals surface area contributed by atoms with Crippen LogP contribution in [0, 0.1) is 5.82 Å². The Morgan fingerprint density at radius 3 is 2.75 bits per heavy atom. The highest BCUT2D eigenvalue weighted by Crippen LogP contribution is 2.37. The molecule has 0 radical (unpaired) electrons. The quantitative estimate of drug-likeness (QED) is 0.684. The fraction of sp³-hybridized carbons (Fsp3) is 0.190. The molecule has 7 heteroatoms. The number of carboxylic acid groups (broad SMARTS) is 1. The van der Waals surface area contributed by atoms with Gasteiger partial charge in [-0.1, -0.05) is 17.2 Å². The van der Waals surface area contributed by atoms with Crippen molar-refractivity contribution in [2.75, 3.05) is 5.32 Å². The molecule has 0 saturated heterocycles. The molecule has 0 bridgehead atoms. The number of benzene rings is 2. The highest BCUT2D eigenvalue weighted by atomic mass is 19.1. The highest BCUT2D eigenvalue weighted by Gasteiger charge is 2.21. The predicted molar refractivity (Wildman–Crippen MR) is 103 cm³/mol. The predicted octanol–water partition coefficient (Wildman–Crippen LogP) is 4.38. The smallest absolute Gasteiger partial charge is 0.335 e. The monoisotopic (exact) mass is 379 g/mol. The van der Waals surface area contributed by atoms with E-state index in [1.807, 2.05) is 38.1 Å². The number of nitrogens with one attached hydrogen (secondary N) is 1. The Morgan fingerprint density at radius 2 is 2.00 bits per heavy atom. The van der Waals surface area contributed by atoms with Crippen molar-refractivity contribution in [1.82, 2.24) is 10.2 Å². The van der Waals surface area contributed by atoms with Gasteiger partial charge in [0.05, 0.1) is 5.56 Å².